The Labute approximate surface area is 115 Å². The monoisotopic (exact) mass is 251 g/mol. The van der Waals surface area contributed by atoms with Crippen LogP contribution < -0.4 is 4.90 Å². The Morgan fingerprint density at radius 1 is 0.789 bits per heavy atom. The predicted molar refractivity (Wildman–Crippen MR) is 82.3 cm³/mol. The number of nitrogens with zero attached hydrogens (tertiary/aromatic N) is 1. The average molecular weight is 251 g/mol. The van der Waals surface area contributed by atoms with Crippen LogP contribution in [-0.2, 0) is 5.41 Å². The molecule has 19 heavy (non-hydrogen) atoms. The Morgan fingerprint density at radius 2 is 1.21 bits per heavy atom. The van der Waals surface area contributed by atoms with Crippen molar-refractivity contribution in [1.29, 1.82) is 0 Å². The topological polar surface area (TPSA) is 3.24 Å². The van der Waals surface area contributed by atoms with Crippen LogP contribution in [0, 0.1) is 0 Å². The third-order valence-corrected chi connectivity index (χ3v) is 4.19. The van der Waals surface area contributed by atoms with Crippen LogP contribution in [0.5, 0.6) is 0 Å². The summed E-state index contributed by atoms with van der Waals surface area (Å²) in [6, 6.07) is 18.0. The first-order chi connectivity index (χ1) is 9.03. The van der Waals surface area contributed by atoms with Crippen LogP contribution in [0.1, 0.15) is 38.8 Å². The van der Waals surface area contributed by atoms with Crippen LogP contribution in [0.25, 0.3) is 0 Å². The summed E-state index contributed by atoms with van der Waals surface area (Å²) >= 11 is 0. The average Bonchev–Trinajstić information content (AvgIpc) is 2.39. The van der Waals surface area contributed by atoms with Gasteiger partial charge in [0, 0.05) is 22.8 Å². The largest absolute Gasteiger partial charge is 0.338 e. The molecule has 0 saturated heterocycles. The molecule has 0 bridgehead atoms. The molecule has 0 unspecified atom stereocenters. The Kier molecular flexibility index (Phi) is 2.67. The van der Waals surface area contributed by atoms with Gasteiger partial charge in [0.05, 0.1) is 0 Å². The molecule has 0 fully saturated rings. The van der Waals surface area contributed by atoms with E-state index in [9.17, 15) is 0 Å². The van der Waals surface area contributed by atoms with Crippen LogP contribution in [0.2, 0.25) is 0 Å². The summed E-state index contributed by atoms with van der Waals surface area (Å²) in [5.41, 5.74) is 5.60. The van der Waals surface area contributed by atoms with E-state index >= 15 is 0 Å². The highest BCUT2D eigenvalue weighted by atomic mass is 15.2. The summed E-state index contributed by atoms with van der Waals surface area (Å²) in [6.07, 6.45) is 0. The summed E-state index contributed by atoms with van der Waals surface area (Å²) in [5.74, 6) is 0. The molecule has 0 aliphatic carbocycles. The zero-order chi connectivity index (χ0) is 13.6. The molecule has 0 atom stereocenters. The SMILES string of the molecule is CC(C)N1c2ccccc2C(C)(C)c2ccccc21. The van der Waals surface area contributed by atoms with Gasteiger partial charge in [-0.05, 0) is 37.1 Å². The highest BCUT2D eigenvalue weighted by molar-refractivity contribution is 5.78. The number of hydrogen-bond acceptors (Lipinski definition) is 1. The number of hydrogen-bond donors (Lipinski definition) is 0. The van der Waals surface area contributed by atoms with E-state index in [0.29, 0.717) is 6.04 Å². The number of para-hydroxylation sites is 2. The lowest BCUT2D eigenvalue weighted by Crippen LogP contribution is -2.36. The van der Waals surface area contributed by atoms with Crippen molar-refractivity contribution >= 4 is 11.4 Å². The maximum Gasteiger partial charge on any atom is 0.0454 e. The molecule has 0 radical (unpaired) electrons. The van der Waals surface area contributed by atoms with E-state index in [0.717, 1.165) is 0 Å². The molecule has 0 amide bonds. The molecule has 2 aromatic rings. The third kappa shape index (κ3) is 1.68. The van der Waals surface area contributed by atoms with Crippen molar-refractivity contribution in [2.75, 3.05) is 4.90 Å². The van der Waals surface area contributed by atoms with E-state index < -0.39 is 0 Å². The summed E-state index contributed by atoms with van der Waals surface area (Å²) < 4.78 is 0. The van der Waals surface area contributed by atoms with E-state index in [2.05, 4.69) is 81.1 Å². The molecule has 1 nitrogen and oxygen atoms in total. The molecular formula is C18H21N. The first-order valence-electron chi connectivity index (χ1n) is 7.01. The zero-order valence-electron chi connectivity index (χ0n) is 12.1. The Balaban J connectivity index is 2.34. The molecule has 0 N–H and O–H groups in total. The normalized spacial score (nSPS) is 16.2. The van der Waals surface area contributed by atoms with Crippen LogP contribution >= 0.6 is 0 Å². The van der Waals surface area contributed by atoms with E-state index in [-0.39, 0.29) is 5.41 Å². The molecule has 0 aromatic heterocycles. The summed E-state index contributed by atoms with van der Waals surface area (Å²) in [6.45, 7) is 9.16. The van der Waals surface area contributed by atoms with Gasteiger partial charge in [0.15, 0.2) is 0 Å². The molecule has 0 spiro atoms. The second-order valence-electron chi connectivity index (χ2n) is 6.12. The van der Waals surface area contributed by atoms with E-state index in [1.165, 1.54) is 22.5 Å². The zero-order valence-corrected chi connectivity index (χ0v) is 12.1. The van der Waals surface area contributed by atoms with Crippen molar-refractivity contribution in [2.24, 2.45) is 0 Å². The van der Waals surface area contributed by atoms with Crippen molar-refractivity contribution in [1.82, 2.24) is 0 Å². The van der Waals surface area contributed by atoms with Crippen molar-refractivity contribution in [3.63, 3.8) is 0 Å². The summed E-state index contributed by atoms with van der Waals surface area (Å²) in [5, 5.41) is 0. The predicted octanol–water partition coefficient (Wildman–Crippen LogP) is 4.87. The van der Waals surface area contributed by atoms with Gasteiger partial charge in [0.1, 0.15) is 0 Å². The molecule has 1 aliphatic heterocycles. The minimum absolute atomic E-state index is 0.0680. The second-order valence-corrected chi connectivity index (χ2v) is 6.12. The fourth-order valence-electron chi connectivity index (χ4n) is 3.26. The fraction of sp³-hybridized carbons (Fsp3) is 0.333. The molecule has 3 rings (SSSR count). The van der Waals surface area contributed by atoms with Crippen LogP contribution in [0.4, 0.5) is 11.4 Å². The number of anilines is 2. The van der Waals surface area contributed by atoms with Crippen LogP contribution in [0.3, 0.4) is 0 Å². The van der Waals surface area contributed by atoms with Gasteiger partial charge in [-0.15, -0.1) is 0 Å². The first-order valence-corrected chi connectivity index (χ1v) is 7.01. The lowest BCUT2D eigenvalue weighted by atomic mass is 9.73. The van der Waals surface area contributed by atoms with Gasteiger partial charge in [-0.2, -0.15) is 0 Å². The van der Waals surface area contributed by atoms with E-state index in [4.69, 9.17) is 0 Å². The highest BCUT2D eigenvalue weighted by Crippen LogP contribution is 2.49. The highest BCUT2D eigenvalue weighted by Gasteiger charge is 2.36. The Bertz CT molecular complexity index is 561. The number of rotatable bonds is 1. The smallest absolute Gasteiger partial charge is 0.0454 e. The first kappa shape index (κ1) is 12.3. The second kappa shape index (κ2) is 4.12. The quantitative estimate of drug-likeness (QED) is 0.698. The Morgan fingerprint density at radius 3 is 1.63 bits per heavy atom. The van der Waals surface area contributed by atoms with E-state index in [1.807, 2.05) is 0 Å². The number of benzene rings is 2. The van der Waals surface area contributed by atoms with Crippen LogP contribution in [0.15, 0.2) is 48.5 Å². The lowest BCUT2D eigenvalue weighted by Gasteiger charge is -2.43. The van der Waals surface area contributed by atoms with Gasteiger partial charge in [-0.3, -0.25) is 0 Å². The van der Waals surface area contributed by atoms with Gasteiger partial charge in [-0.1, -0.05) is 50.2 Å². The van der Waals surface area contributed by atoms with Crippen molar-refractivity contribution in [3.05, 3.63) is 59.7 Å². The fourth-order valence-corrected chi connectivity index (χ4v) is 3.26. The van der Waals surface area contributed by atoms with Crippen molar-refractivity contribution < 1.29 is 0 Å². The molecule has 1 heterocycles. The van der Waals surface area contributed by atoms with Crippen LogP contribution in [-0.4, -0.2) is 6.04 Å². The standard InChI is InChI=1S/C18H21N/c1-13(2)19-16-11-7-5-9-14(16)18(3,4)15-10-6-8-12-17(15)19/h5-13H,1-4H3. The molecule has 1 aliphatic rings. The van der Waals surface area contributed by atoms with Crippen molar-refractivity contribution in [3.8, 4) is 0 Å². The third-order valence-electron chi connectivity index (χ3n) is 4.19. The minimum Gasteiger partial charge on any atom is -0.338 e. The van der Waals surface area contributed by atoms with Gasteiger partial charge >= 0.3 is 0 Å². The summed E-state index contributed by atoms with van der Waals surface area (Å²) in [7, 11) is 0. The molecule has 0 saturated carbocycles. The van der Waals surface area contributed by atoms with Gasteiger partial charge in [-0.25, -0.2) is 0 Å². The van der Waals surface area contributed by atoms with Gasteiger partial charge in [0.2, 0.25) is 0 Å². The maximum absolute atomic E-state index is 2.45. The summed E-state index contributed by atoms with van der Waals surface area (Å²) in [4.78, 5) is 2.45. The molecule has 1 heteroatoms. The van der Waals surface area contributed by atoms with Crippen molar-refractivity contribution in [2.45, 2.75) is 39.2 Å². The van der Waals surface area contributed by atoms with Gasteiger partial charge < -0.3 is 4.90 Å². The molecule has 2 aromatic carbocycles. The maximum atomic E-state index is 2.45. The Hall–Kier alpha value is -1.76. The lowest BCUT2D eigenvalue weighted by molar-refractivity contribution is 0.613. The van der Waals surface area contributed by atoms with Gasteiger partial charge in [0.25, 0.3) is 0 Å². The molecule has 98 valence electrons. The van der Waals surface area contributed by atoms with E-state index in [1.54, 1.807) is 0 Å². The number of fused-ring (bicyclic) bond motifs is 2. The minimum atomic E-state index is 0.0680. The molecular weight excluding hydrogens is 230 g/mol.